The van der Waals surface area contributed by atoms with Crippen LogP contribution in [0.5, 0.6) is 0 Å². The van der Waals surface area contributed by atoms with Crippen LogP contribution in [0, 0.1) is 0 Å². The van der Waals surface area contributed by atoms with Crippen LogP contribution in [0.2, 0.25) is 0 Å². The summed E-state index contributed by atoms with van der Waals surface area (Å²) in [7, 11) is 0. The van der Waals surface area contributed by atoms with Crippen molar-refractivity contribution in [1.29, 1.82) is 0 Å². The van der Waals surface area contributed by atoms with Crippen molar-refractivity contribution in [3.05, 3.63) is 303 Å². The lowest BCUT2D eigenvalue weighted by atomic mass is 9.94. The molecule has 86 heavy (non-hydrogen) atoms. The van der Waals surface area contributed by atoms with Gasteiger partial charge >= 0.3 is 0 Å². The molecular weight excluding hydrogens is 1050 g/mol. The lowest BCUT2D eigenvalue weighted by Gasteiger charge is -2.26. The van der Waals surface area contributed by atoms with Crippen molar-refractivity contribution in [2.75, 3.05) is 9.80 Å². The predicted molar refractivity (Wildman–Crippen MR) is 352 cm³/mol. The van der Waals surface area contributed by atoms with Crippen LogP contribution in [0.3, 0.4) is 0 Å². The van der Waals surface area contributed by atoms with Crippen LogP contribution >= 0.6 is 0 Å². The van der Waals surface area contributed by atoms with Crippen molar-refractivity contribution >= 4 is 88.9 Å². The van der Waals surface area contributed by atoms with Gasteiger partial charge in [-0.2, -0.15) is 0 Å². The maximum absolute atomic E-state index is 6.18. The number of aromatic nitrogens is 4. The monoisotopic (exact) mass is 1100 g/mol. The van der Waals surface area contributed by atoms with E-state index in [4.69, 9.17) is 28.8 Å². The molecule has 0 fully saturated rings. The third kappa shape index (κ3) is 9.24. The fourth-order valence-electron chi connectivity index (χ4n) is 11.8. The molecule has 0 aliphatic heterocycles. The molecular formula is C78H50N6O2. The number of hydrogen-bond acceptors (Lipinski definition) is 8. The second-order valence-electron chi connectivity index (χ2n) is 21.4. The minimum atomic E-state index is 0.584. The van der Waals surface area contributed by atoms with E-state index in [2.05, 4.69) is 252 Å². The van der Waals surface area contributed by atoms with Crippen molar-refractivity contribution in [3.63, 3.8) is 0 Å². The van der Waals surface area contributed by atoms with E-state index in [-0.39, 0.29) is 0 Å². The minimum absolute atomic E-state index is 0.584. The number of para-hydroxylation sites is 6. The van der Waals surface area contributed by atoms with Crippen LogP contribution in [0.15, 0.2) is 312 Å². The average Bonchev–Trinajstić information content (AvgIpc) is 1.93. The number of benzene rings is 13. The quantitative estimate of drug-likeness (QED) is 0.120. The molecule has 0 aliphatic carbocycles. The molecule has 0 aliphatic rings. The summed E-state index contributed by atoms with van der Waals surface area (Å²) in [5, 5.41) is 4.67. The number of anilines is 6. The largest absolute Gasteiger partial charge is 0.436 e. The zero-order chi connectivity index (χ0) is 56.9. The summed E-state index contributed by atoms with van der Waals surface area (Å²) in [5.41, 5.74) is 20.1. The van der Waals surface area contributed by atoms with Gasteiger partial charge in [0.2, 0.25) is 11.8 Å². The van der Waals surface area contributed by atoms with Crippen LogP contribution in [0.4, 0.5) is 34.1 Å². The van der Waals surface area contributed by atoms with Gasteiger partial charge in [-0.3, -0.25) is 0 Å². The first-order chi connectivity index (χ1) is 42.6. The molecule has 0 amide bonds. The Kier molecular flexibility index (Phi) is 12.3. The van der Waals surface area contributed by atoms with E-state index < -0.39 is 0 Å². The highest BCUT2D eigenvalue weighted by molar-refractivity contribution is 6.05. The summed E-state index contributed by atoms with van der Waals surface area (Å²) in [6.45, 7) is 0. The predicted octanol–water partition coefficient (Wildman–Crippen LogP) is 21.2. The third-order valence-corrected chi connectivity index (χ3v) is 16.1. The summed E-state index contributed by atoms with van der Waals surface area (Å²) in [5.74, 6) is 1.17. The molecule has 0 radical (unpaired) electrons. The van der Waals surface area contributed by atoms with E-state index in [9.17, 15) is 0 Å². The van der Waals surface area contributed by atoms with E-state index in [0.717, 1.165) is 134 Å². The summed E-state index contributed by atoms with van der Waals surface area (Å²) < 4.78 is 12.4. The van der Waals surface area contributed by atoms with Gasteiger partial charge in [0.05, 0.1) is 22.4 Å². The topological polar surface area (TPSA) is 84.3 Å². The Morgan fingerprint density at radius 1 is 0.233 bits per heavy atom. The highest BCUT2D eigenvalue weighted by atomic mass is 16.4. The Morgan fingerprint density at radius 3 is 0.930 bits per heavy atom. The van der Waals surface area contributed by atoms with Crippen LogP contribution in [-0.2, 0) is 0 Å². The van der Waals surface area contributed by atoms with Gasteiger partial charge in [-0.05, 0) is 166 Å². The summed E-state index contributed by atoms with van der Waals surface area (Å²) in [6, 6.07) is 106. The molecule has 0 spiro atoms. The van der Waals surface area contributed by atoms with Crippen molar-refractivity contribution in [1.82, 2.24) is 19.9 Å². The summed E-state index contributed by atoms with van der Waals surface area (Å²) in [4.78, 5) is 25.8. The molecule has 0 bridgehead atoms. The van der Waals surface area contributed by atoms with E-state index >= 15 is 0 Å². The Labute approximate surface area is 495 Å². The molecule has 404 valence electrons. The lowest BCUT2D eigenvalue weighted by Crippen LogP contribution is -2.10. The van der Waals surface area contributed by atoms with Gasteiger partial charge in [0.15, 0.2) is 11.2 Å². The Bertz CT molecular complexity index is 4770. The van der Waals surface area contributed by atoms with Gasteiger partial charge in [0.1, 0.15) is 11.0 Å². The van der Waals surface area contributed by atoms with Crippen molar-refractivity contribution < 1.29 is 8.83 Å². The maximum Gasteiger partial charge on any atom is 0.227 e. The normalized spacial score (nSPS) is 11.5. The standard InChI is InChI=1S/C78H50N6O2/c1-3-19-61(20-4-1)83(65-43-35-55(36-44-65)77-79-69-23-11-13-25-71(69)85-77)63-39-31-53(32-40-63)73-74(54-33-41-64(42-34-54)84(62-21-5-2-6-22-62)66-45-37-56(38-46-66)78-80-70-24-12-14-26-72(70)86-78)82-76-68(60-30-28-52-16-8-10-18-58(52)50-60)48-47-67(75(76)81-73)59-29-27-51-15-7-9-17-57(51)49-59/h1-50H. The summed E-state index contributed by atoms with van der Waals surface area (Å²) >= 11 is 0. The van der Waals surface area contributed by atoms with Gasteiger partial charge in [-0.25, -0.2) is 19.9 Å². The number of fused-ring (bicyclic) bond motifs is 5. The number of nitrogens with zero attached hydrogens (tertiary/aromatic N) is 6. The molecule has 3 heterocycles. The average molecular weight is 1100 g/mol. The molecule has 3 aromatic heterocycles. The van der Waals surface area contributed by atoms with Gasteiger partial charge in [-0.1, -0.05) is 170 Å². The highest BCUT2D eigenvalue weighted by Gasteiger charge is 2.23. The molecule has 16 aromatic rings. The highest BCUT2D eigenvalue weighted by Crippen LogP contribution is 2.44. The Hall–Kier alpha value is -11.7. The van der Waals surface area contributed by atoms with E-state index in [1.165, 1.54) is 10.8 Å². The minimum Gasteiger partial charge on any atom is -0.436 e. The van der Waals surface area contributed by atoms with Crippen LogP contribution < -0.4 is 9.80 Å². The molecule has 0 saturated heterocycles. The molecule has 0 atom stereocenters. The second-order valence-corrected chi connectivity index (χ2v) is 21.4. The lowest BCUT2D eigenvalue weighted by molar-refractivity contribution is 0.619. The Morgan fingerprint density at radius 2 is 0.547 bits per heavy atom. The first-order valence-electron chi connectivity index (χ1n) is 28.7. The van der Waals surface area contributed by atoms with Crippen LogP contribution in [0.25, 0.3) is 122 Å². The molecule has 13 aromatic carbocycles. The number of rotatable bonds is 12. The molecule has 8 heteroatoms. The van der Waals surface area contributed by atoms with E-state index in [1.54, 1.807) is 0 Å². The SMILES string of the molecule is c1ccc(N(c2ccc(-c3nc4ccccc4o3)cc2)c2ccc(-c3nc4c(-c5ccc6ccccc6c5)ccc(-c5ccc6ccccc6c5)c4nc3-c3ccc(N(c4ccccc4)c4ccc(-c5nc6ccccc6o5)cc4)cc3)cc2)cc1. The van der Waals surface area contributed by atoms with Crippen LogP contribution in [0.1, 0.15) is 0 Å². The van der Waals surface area contributed by atoms with Gasteiger partial charge in [0, 0.05) is 67.5 Å². The molecule has 0 unspecified atom stereocenters. The zero-order valence-electron chi connectivity index (χ0n) is 46.4. The Balaban J connectivity index is 0.851. The fraction of sp³-hybridized carbons (Fsp3) is 0. The first-order valence-corrected chi connectivity index (χ1v) is 28.7. The first kappa shape index (κ1) is 50.0. The number of oxazole rings is 2. The maximum atomic E-state index is 6.18. The van der Waals surface area contributed by atoms with Gasteiger partial charge < -0.3 is 18.6 Å². The van der Waals surface area contributed by atoms with E-state index in [0.29, 0.717) is 11.8 Å². The summed E-state index contributed by atoms with van der Waals surface area (Å²) in [6.07, 6.45) is 0. The third-order valence-electron chi connectivity index (χ3n) is 16.1. The van der Waals surface area contributed by atoms with Crippen molar-refractivity contribution in [3.8, 4) is 67.7 Å². The van der Waals surface area contributed by atoms with Gasteiger partial charge in [-0.15, -0.1) is 0 Å². The molecule has 0 saturated carbocycles. The second kappa shape index (κ2) is 21.2. The van der Waals surface area contributed by atoms with Crippen molar-refractivity contribution in [2.24, 2.45) is 0 Å². The number of hydrogen-bond donors (Lipinski definition) is 0. The fourth-order valence-corrected chi connectivity index (χ4v) is 11.8. The smallest absolute Gasteiger partial charge is 0.227 e. The zero-order valence-corrected chi connectivity index (χ0v) is 46.4. The van der Waals surface area contributed by atoms with Gasteiger partial charge in [0.25, 0.3) is 0 Å². The molecule has 0 N–H and O–H groups in total. The van der Waals surface area contributed by atoms with E-state index in [1.807, 2.05) is 60.7 Å². The van der Waals surface area contributed by atoms with Crippen LogP contribution in [-0.4, -0.2) is 19.9 Å². The van der Waals surface area contributed by atoms with Crippen molar-refractivity contribution in [2.45, 2.75) is 0 Å². The molecule has 8 nitrogen and oxygen atoms in total. The molecule has 16 rings (SSSR count).